The first-order chi connectivity index (χ1) is 8.09. The largest absolute Gasteiger partial charge is 0.298 e. The summed E-state index contributed by atoms with van der Waals surface area (Å²) in [7, 11) is -1.18. The second kappa shape index (κ2) is 5.13. The molecule has 2 rings (SSSR count). The Morgan fingerprint density at radius 3 is 2.47 bits per heavy atom. The number of ketones is 1. The van der Waals surface area contributed by atoms with Gasteiger partial charge in [-0.1, -0.05) is 31.0 Å². The maximum absolute atomic E-state index is 12.4. The van der Waals surface area contributed by atoms with Crippen LogP contribution in [0.4, 0.5) is 0 Å². The van der Waals surface area contributed by atoms with Gasteiger partial charge in [-0.25, -0.2) is 0 Å². The van der Waals surface area contributed by atoms with Crippen molar-refractivity contribution < 1.29 is 9.00 Å². The molecule has 0 bridgehead atoms. The summed E-state index contributed by atoms with van der Waals surface area (Å²) >= 11 is 0. The van der Waals surface area contributed by atoms with Gasteiger partial charge in [0, 0.05) is 10.8 Å². The average Bonchev–Trinajstić information content (AvgIpc) is 2.33. The number of aryl methyl sites for hydroxylation is 1. The highest BCUT2D eigenvalue weighted by atomic mass is 32.2. The van der Waals surface area contributed by atoms with Gasteiger partial charge in [-0.2, -0.15) is 0 Å². The van der Waals surface area contributed by atoms with Gasteiger partial charge in [0.15, 0.2) is 5.78 Å². The molecule has 0 radical (unpaired) electrons. The Labute approximate surface area is 105 Å². The lowest BCUT2D eigenvalue weighted by Gasteiger charge is -2.24. The molecular weight excluding hydrogens is 232 g/mol. The molecule has 1 saturated carbocycles. The molecule has 92 valence electrons. The Hall–Kier alpha value is -0.960. The van der Waals surface area contributed by atoms with E-state index in [0.717, 1.165) is 29.7 Å². The van der Waals surface area contributed by atoms with Gasteiger partial charge >= 0.3 is 0 Å². The van der Waals surface area contributed by atoms with E-state index in [-0.39, 0.29) is 17.0 Å². The van der Waals surface area contributed by atoms with Crippen LogP contribution in [0.3, 0.4) is 0 Å². The quantitative estimate of drug-likeness (QED) is 0.809. The smallest absolute Gasteiger partial charge is 0.151 e. The fourth-order valence-electron chi connectivity index (χ4n) is 2.26. The molecule has 1 aromatic carbocycles. The maximum Gasteiger partial charge on any atom is 0.151 e. The molecule has 3 heteroatoms. The minimum Gasteiger partial charge on any atom is -0.298 e. The molecule has 0 spiro atoms. The Morgan fingerprint density at radius 2 is 1.82 bits per heavy atom. The summed E-state index contributed by atoms with van der Waals surface area (Å²) in [5, 5.41) is -0.290. The van der Waals surface area contributed by atoms with Crippen molar-refractivity contribution in [1.29, 1.82) is 0 Å². The standard InChI is InChI=1S/C14H18O2S/c1-10-6-8-12(9-7-10)17(16)13-5-3-4-11(2)14(13)15/h6-9,11,13H,3-5H2,1-2H3. The molecule has 0 heterocycles. The first-order valence-corrected chi connectivity index (χ1v) is 7.32. The predicted molar refractivity (Wildman–Crippen MR) is 69.4 cm³/mol. The first kappa shape index (κ1) is 12.5. The molecule has 0 N–H and O–H groups in total. The lowest BCUT2D eigenvalue weighted by atomic mass is 9.89. The van der Waals surface area contributed by atoms with E-state index in [1.54, 1.807) is 0 Å². The summed E-state index contributed by atoms with van der Waals surface area (Å²) in [6.45, 7) is 3.95. The van der Waals surface area contributed by atoms with Crippen LogP contribution in [-0.4, -0.2) is 15.2 Å². The lowest BCUT2D eigenvalue weighted by molar-refractivity contribution is -0.123. The van der Waals surface area contributed by atoms with Crippen LogP contribution in [0.25, 0.3) is 0 Å². The summed E-state index contributed by atoms with van der Waals surface area (Å²) < 4.78 is 12.4. The minimum absolute atomic E-state index is 0.0724. The van der Waals surface area contributed by atoms with Gasteiger partial charge in [0.1, 0.15) is 0 Å². The Morgan fingerprint density at radius 1 is 1.18 bits per heavy atom. The summed E-state index contributed by atoms with van der Waals surface area (Å²) in [6, 6.07) is 7.64. The summed E-state index contributed by atoms with van der Waals surface area (Å²) in [6.07, 6.45) is 2.72. The number of benzene rings is 1. The normalized spacial score (nSPS) is 26.8. The monoisotopic (exact) mass is 250 g/mol. The molecule has 1 fully saturated rings. The van der Waals surface area contributed by atoms with Gasteiger partial charge < -0.3 is 0 Å². The van der Waals surface area contributed by atoms with E-state index >= 15 is 0 Å². The van der Waals surface area contributed by atoms with E-state index in [0.29, 0.717) is 0 Å². The van der Waals surface area contributed by atoms with Crippen LogP contribution in [0.2, 0.25) is 0 Å². The van der Waals surface area contributed by atoms with Gasteiger partial charge in [0.2, 0.25) is 0 Å². The topological polar surface area (TPSA) is 34.1 Å². The SMILES string of the molecule is Cc1ccc(S(=O)C2CCCC(C)C2=O)cc1. The second-order valence-corrected chi connectivity index (χ2v) is 6.47. The van der Waals surface area contributed by atoms with Crippen LogP contribution >= 0.6 is 0 Å². The molecule has 3 atom stereocenters. The number of carbonyl (C=O) groups excluding carboxylic acids is 1. The van der Waals surface area contributed by atoms with Gasteiger partial charge in [0.05, 0.1) is 16.0 Å². The van der Waals surface area contributed by atoms with E-state index in [1.165, 1.54) is 0 Å². The van der Waals surface area contributed by atoms with Crippen LogP contribution < -0.4 is 0 Å². The highest BCUT2D eigenvalue weighted by Gasteiger charge is 2.32. The molecule has 1 aliphatic rings. The van der Waals surface area contributed by atoms with Crippen molar-refractivity contribution in [1.82, 2.24) is 0 Å². The van der Waals surface area contributed by atoms with Crippen molar-refractivity contribution in [3.63, 3.8) is 0 Å². The number of Topliss-reactive ketones (excluding diaryl/α,β-unsaturated/α-hetero) is 1. The third kappa shape index (κ3) is 2.65. The van der Waals surface area contributed by atoms with E-state index < -0.39 is 10.8 Å². The average molecular weight is 250 g/mol. The molecule has 0 aliphatic heterocycles. The fraction of sp³-hybridized carbons (Fsp3) is 0.500. The van der Waals surface area contributed by atoms with Crippen LogP contribution in [0.1, 0.15) is 31.7 Å². The van der Waals surface area contributed by atoms with Gasteiger partial charge in [-0.05, 0) is 31.9 Å². The molecule has 2 nitrogen and oxygen atoms in total. The molecule has 0 aromatic heterocycles. The number of hydrogen-bond acceptors (Lipinski definition) is 2. The third-order valence-electron chi connectivity index (χ3n) is 3.42. The highest BCUT2D eigenvalue weighted by molar-refractivity contribution is 7.86. The summed E-state index contributed by atoms with van der Waals surface area (Å²) in [5.74, 6) is 0.248. The summed E-state index contributed by atoms with van der Waals surface area (Å²) in [4.78, 5) is 12.8. The molecular formula is C14H18O2S. The van der Waals surface area contributed by atoms with E-state index in [4.69, 9.17) is 0 Å². The fourth-order valence-corrected chi connectivity index (χ4v) is 3.82. The molecule has 0 amide bonds. The zero-order chi connectivity index (χ0) is 12.4. The van der Waals surface area contributed by atoms with E-state index in [2.05, 4.69) is 0 Å². The Balaban J connectivity index is 2.19. The van der Waals surface area contributed by atoms with Crippen LogP contribution in [0.5, 0.6) is 0 Å². The van der Waals surface area contributed by atoms with Crippen molar-refractivity contribution in [3.05, 3.63) is 29.8 Å². The van der Waals surface area contributed by atoms with Crippen LogP contribution in [0.15, 0.2) is 29.2 Å². The Bertz CT molecular complexity index is 436. The highest BCUT2D eigenvalue weighted by Crippen LogP contribution is 2.27. The van der Waals surface area contributed by atoms with Crippen molar-refractivity contribution in [2.75, 3.05) is 0 Å². The number of carbonyl (C=O) groups is 1. The zero-order valence-corrected chi connectivity index (χ0v) is 11.1. The van der Waals surface area contributed by atoms with Gasteiger partial charge in [-0.15, -0.1) is 0 Å². The van der Waals surface area contributed by atoms with Crippen LogP contribution in [-0.2, 0) is 15.6 Å². The molecule has 1 aromatic rings. The van der Waals surface area contributed by atoms with Gasteiger partial charge in [-0.3, -0.25) is 9.00 Å². The molecule has 17 heavy (non-hydrogen) atoms. The van der Waals surface area contributed by atoms with Gasteiger partial charge in [0.25, 0.3) is 0 Å². The molecule has 3 unspecified atom stereocenters. The van der Waals surface area contributed by atoms with Crippen molar-refractivity contribution in [2.45, 2.75) is 43.3 Å². The first-order valence-electron chi connectivity index (χ1n) is 6.10. The maximum atomic E-state index is 12.4. The minimum atomic E-state index is -1.18. The second-order valence-electron chi connectivity index (χ2n) is 4.83. The van der Waals surface area contributed by atoms with E-state index in [9.17, 15) is 9.00 Å². The van der Waals surface area contributed by atoms with E-state index in [1.807, 2.05) is 38.1 Å². The molecule has 0 saturated heterocycles. The third-order valence-corrected chi connectivity index (χ3v) is 5.14. The lowest BCUT2D eigenvalue weighted by Crippen LogP contribution is -2.34. The van der Waals surface area contributed by atoms with Crippen molar-refractivity contribution in [2.24, 2.45) is 5.92 Å². The predicted octanol–water partition coefficient (Wildman–Crippen LogP) is 2.86. The number of rotatable bonds is 2. The summed E-state index contributed by atoms with van der Waals surface area (Å²) in [5.41, 5.74) is 1.15. The molecule has 1 aliphatic carbocycles. The Kier molecular flexibility index (Phi) is 3.77. The zero-order valence-electron chi connectivity index (χ0n) is 10.3. The van der Waals surface area contributed by atoms with Crippen molar-refractivity contribution >= 4 is 16.6 Å². The van der Waals surface area contributed by atoms with Crippen LogP contribution in [0, 0.1) is 12.8 Å². The number of hydrogen-bond donors (Lipinski definition) is 0. The van der Waals surface area contributed by atoms with Crippen molar-refractivity contribution in [3.8, 4) is 0 Å².